The van der Waals surface area contributed by atoms with Crippen LogP contribution in [0.3, 0.4) is 0 Å². The Kier molecular flexibility index (Phi) is 5.86. The monoisotopic (exact) mass is 471 g/mol. The van der Waals surface area contributed by atoms with Gasteiger partial charge in [0.1, 0.15) is 16.6 Å². The second-order valence-electron chi connectivity index (χ2n) is 8.10. The SMILES string of the molecule is CC(OC(=O)c1ccccc1-c1nc2ccccc2o1)C(=O)Nc1sc2c(c1C#N)CCCC2. The number of oxazole rings is 1. The molecule has 0 saturated carbocycles. The number of aromatic nitrogens is 1. The number of aryl methyl sites for hydroxylation is 1. The number of hydrogen-bond acceptors (Lipinski definition) is 7. The number of hydrogen-bond donors (Lipinski definition) is 1. The number of nitrogens with one attached hydrogen (secondary N) is 1. The van der Waals surface area contributed by atoms with Crippen LogP contribution in [0, 0.1) is 11.3 Å². The lowest BCUT2D eigenvalue weighted by molar-refractivity contribution is -0.123. The van der Waals surface area contributed by atoms with Gasteiger partial charge in [0.2, 0.25) is 5.89 Å². The van der Waals surface area contributed by atoms with E-state index in [1.807, 2.05) is 18.2 Å². The van der Waals surface area contributed by atoms with E-state index in [0.29, 0.717) is 33.1 Å². The maximum absolute atomic E-state index is 13.0. The summed E-state index contributed by atoms with van der Waals surface area (Å²) in [6.07, 6.45) is 2.83. The van der Waals surface area contributed by atoms with Gasteiger partial charge in [-0.3, -0.25) is 4.79 Å². The highest BCUT2D eigenvalue weighted by atomic mass is 32.1. The molecule has 0 fully saturated rings. The molecule has 34 heavy (non-hydrogen) atoms. The first-order valence-electron chi connectivity index (χ1n) is 11.1. The fraction of sp³-hybridized carbons (Fsp3) is 0.231. The van der Waals surface area contributed by atoms with Crippen molar-refractivity contribution in [3.63, 3.8) is 0 Å². The molecule has 1 amide bonds. The summed E-state index contributed by atoms with van der Waals surface area (Å²) in [5.41, 5.74) is 3.58. The average Bonchev–Trinajstić information content (AvgIpc) is 3.44. The Bertz CT molecular complexity index is 1410. The highest BCUT2D eigenvalue weighted by Crippen LogP contribution is 2.37. The lowest BCUT2D eigenvalue weighted by Crippen LogP contribution is -2.30. The summed E-state index contributed by atoms with van der Waals surface area (Å²) in [4.78, 5) is 31.4. The Morgan fingerprint density at radius 1 is 1.15 bits per heavy atom. The molecule has 1 atom stereocenters. The molecule has 8 heteroatoms. The van der Waals surface area contributed by atoms with Gasteiger partial charge in [0.25, 0.3) is 5.91 Å². The van der Waals surface area contributed by atoms with Gasteiger partial charge in [0.05, 0.1) is 16.7 Å². The van der Waals surface area contributed by atoms with Crippen molar-refractivity contribution in [1.82, 2.24) is 4.98 Å². The van der Waals surface area contributed by atoms with Crippen molar-refractivity contribution in [2.45, 2.75) is 38.7 Å². The van der Waals surface area contributed by atoms with Gasteiger partial charge in [0.15, 0.2) is 11.7 Å². The molecule has 0 bridgehead atoms. The number of nitriles is 1. The molecule has 0 saturated heterocycles. The fourth-order valence-electron chi connectivity index (χ4n) is 4.10. The Morgan fingerprint density at radius 3 is 2.74 bits per heavy atom. The van der Waals surface area contributed by atoms with Gasteiger partial charge in [0, 0.05) is 4.88 Å². The van der Waals surface area contributed by atoms with Crippen LogP contribution in [-0.2, 0) is 22.4 Å². The van der Waals surface area contributed by atoms with Crippen LogP contribution in [0.1, 0.15) is 46.1 Å². The van der Waals surface area contributed by atoms with E-state index in [-0.39, 0.29) is 5.56 Å². The molecule has 1 aliphatic rings. The number of amides is 1. The highest BCUT2D eigenvalue weighted by molar-refractivity contribution is 7.16. The number of thiophene rings is 1. The van der Waals surface area contributed by atoms with Crippen molar-refractivity contribution in [2.24, 2.45) is 0 Å². The van der Waals surface area contributed by atoms with Crippen LogP contribution in [0.5, 0.6) is 0 Å². The molecule has 1 aliphatic carbocycles. The van der Waals surface area contributed by atoms with Crippen molar-refractivity contribution in [1.29, 1.82) is 5.26 Å². The van der Waals surface area contributed by atoms with Gasteiger partial charge in [-0.2, -0.15) is 5.26 Å². The minimum atomic E-state index is -1.06. The summed E-state index contributed by atoms with van der Waals surface area (Å²) in [6.45, 7) is 1.51. The van der Waals surface area contributed by atoms with Gasteiger partial charge >= 0.3 is 5.97 Å². The van der Waals surface area contributed by atoms with Gasteiger partial charge in [-0.15, -0.1) is 11.3 Å². The van der Waals surface area contributed by atoms with Gasteiger partial charge in [-0.1, -0.05) is 24.3 Å². The summed E-state index contributed by atoms with van der Waals surface area (Å²) in [7, 11) is 0. The van der Waals surface area contributed by atoms with Crippen LogP contribution in [0.25, 0.3) is 22.6 Å². The van der Waals surface area contributed by atoms with E-state index >= 15 is 0 Å². The number of fused-ring (bicyclic) bond motifs is 2. The number of carbonyl (C=O) groups is 2. The normalized spacial score (nSPS) is 13.6. The number of nitrogens with zero attached hydrogens (tertiary/aromatic N) is 2. The topological polar surface area (TPSA) is 105 Å². The molecule has 5 rings (SSSR count). The first-order valence-corrected chi connectivity index (χ1v) is 11.9. The van der Waals surface area contributed by atoms with Gasteiger partial charge < -0.3 is 14.5 Å². The van der Waals surface area contributed by atoms with Crippen LogP contribution in [0.15, 0.2) is 52.9 Å². The first-order chi connectivity index (χ1) is 16.5. The number of benzene rings is 2. The zero-order valence-electron chi connectivity index (χ0n) is 18.5. The molecule has 1 N–H and O–H groups in total. The van der Waals surface area contributed by atoms with Crippen LogP contribution in [-0.4, -0.2) is 23.0 Å². The minimum Gasteiger partial charge on any atom is -0.449 e. The predicted molar refractivity (Wildman–Crippen MR) is 129 cm³/mol. The first kappa shape index (κ1) is 21.9. The third-order valence-corrected chi connectivity index (χ3v) is 7.05. The summed E-state index contributed by atoms with van der Waals surface area (Å²) in [5, 5.41) is 12.9. The molecule has 1 unspecified atom stereocenters. The summed E-state index contributed by atoms with van der Waals surface area (Å²) in [6, 6.07) is 16.4. The molecule has 2 aromatic heterocycles. The van der Waals surface area contributed by atoms with Gasteiger partial charge in [-0.05, 0) is 62.4 Å². The second kappa shape index (κ2) is 9.12. The third-order valence-electron chi connectivity index (χ3n) is 5.84. The number of carbonyl (C=O) groups excluding carboxylic acids is 2. The average molecular weight is 472 g/mol. The van der Waals surface area contributed by atoms with Crippen molar-refractivity contribution in [3.05, 3.63) is 70.1 Å². The Labute approximate surface area is 200 Å². The molecule has 7 nitrogen and oxygen atoms in total. The maximum Gasteiger partial charge on any atom is 0.339 e. The standard InChI is InChI=1S/C26H21N3O4S/c1-15(23(30)29-25-19(14-27)16-8-4-7-13-22(16)34-25)32-26(31)18-10-3-2-9-17(18)24-28-20-11-5-6-12-21(20)33-24/h2-3,5-6,9-12,15H,4,7-8,13H2,1H3,(H,29,30). The quantitative estimate of drug-likeness (QED) is 0.386. The second-order valence-corrected chi connectivity index (χ2v) is 9.20. The molecule has 4 aromatic rings. The number of esters is 1. The van der Waals surface area contributed by atoms with Gasteiger partial charge in [-0.25, -0.2) is 9.78 Å². The van der Waals surface area contributed by atoms with E-state index < -0.39 is 18.0 Å². The number of ether oxygens (including phenoxy) is 1. The Morgan fingerprint density at radius 2 is 1.91 bits per heavy atom. The molecule has 0 aliphatic heterocycles. The zero-order valence-corrected chi connectivity index (χ0v) is 19.3. The lowest BCUT2D eigenvalue weighted by atomic mass is 9.96. The summed E-state index contributed by atoms with van der Waals surface area (Å²) < 4.78 is 11.3. The van der Waals surface area contributed by atoms with E-state index in [0.717, 1.165) is 36.1 Å². The molecule has 170 valence electrons. The van der Waals surface area contributed by atoms with E-state index in [9.17, 15) is 14.9 Å². The fourth-order valence-corrected chi connectivity index (χ4v) is 5.34. The largest absolute Gasteiger partial charge is 0.449 e. The van der Waals surface area contributed by atoms with Crippen LogP contribution < -0.4 is 5.32 Å². The van der Waals surface area contributed by atoms with Crippen LogP contribution in [0.4, 0.5) is 5.00 Å². The van der Waals surface area contributed by atoms with Crippen molar-refractivity contribution in [3.8, 4) is 17.5 Å². The molecule has 0 radical (unpaired) electrons. The van der Waals surface area contributed by atoms with Crippen LogP contribution >= 0.6 is 11.3 Å². The van der Waals surface area contributed by atoms with Crippen molar-refractivity contribution in [2.75, 3.05) is 5.32 Å². The number of para-hydroxylation sites is 2. The van der Waals surface area contributed by atoms with E-state index in [2.05, 4.69) is 16.4 Å². The summed E-state index contributed by atoms with van der Waals surface area (Å²) >= 11 is 1.43. The number of anilines is 1. The third kappa shape index (κ3) is 4.06. The molecular weight excluding hydrogens is 450 g/mol. The molecule has 2 aromatic carbocycles. The molecule has 0 spiro atoms. The van der Waals surface area contributed by atoms with E-state index in [1.165, 1.54) is 18.3 Å². The van der Waals surface area contributed by atoms with Crippen molar-refractivity contribution >= 4 is 39.3 Å². The maximum atomic E-state index is 13.0. The Hall–Kier alpha value is -3.96. The van der Waals surface area contributed by atoms with E-state index in [4.69, 9.17) is 9.15 Å². The smallest absolute Gasteiger partial charge is 0.339 e. The summed E-state index contributed by atoms with van der Waals surface area (Å²) in [5.74, 6) is -0.844. The lowest BCUT2D eigenvalue weighted by Gasteiger charge is -2.14. The van der Waals surface area contributed by atoms with E-state index in [1.54, 1.807) is 30.3 Å². The minimum absolute atomic E-state index is 0.248. The highest BCUT2D eigenvalue weighted by Gasteiger charge is 2.26. The van der Waals surface area contributed by atoms with Crippen molar-refractivity contribution < 1.29 is 18.7 Å². The molecular formula is C26H21N3O4S. The Balaban J connectivity index is 1.34. The zero-order chi connectivity index (χ0) is 23.7. The van der Waals surface area contributed by atoms with Crippen LogP contribution in [0.2, 0.25) is 0 Å². The molecule has 2 heterocycles. The predicted octanol–water partition coefficient (Wildman–Crippen LogP) is 5.49. The number of rotatable bonds is 5.